The van der Waals surface area contributed by atoms with Gasteiger partial charge >= 0.3 is 0 Å². The van der Waals surface area contributed by atoms with Crippen LogP contribution in [0.1, 0.15) is 17.8 Å². The number of nitrogens with zero attached hydrogens (tertiary/aromatic N) is 2. The second-order valence-corrected chi connectivity index (χ2v) is 7.03. The molecule has 2 rings (SSSR count). The molecule has 1 aromatic rings. The summed E-state index contributed by atoms with van der Waals surface area (Å²) in [5.74, 6) is 0.962. The van der Waals surface area contributed by atoms with Crippen molar-refractivity contribution in [3.8, 4) is 0 Å². The van der Waals surface area contributed by atoms with Crippen molar-refractivity contribution in [2.45, 2.75) is 19.9 Å². The van der Waals surface area contributed by atoms with Gasteiger partial charge in [-0.15, -0.1) is 0 Å². The van der Waals surface area contributed by atoms with E-state index in [1.807, 2.05) is 24.7 Å². The summed E-state index contributed by atoms with van der Waals surface area (Å²) >= 11 is 0. The number of nitrogens with one attached hydrogen (secondary N) is 1. The standard InChI is InChI=1S/C11H19N3O2S/c1-9-5-11(14(2)13-9)7-12-6-10-3-4-17(15,16)8-10/h5,10,12H,3-4,6-8H2,1-2H3. The first-order chi connectivity index (χ1) is 7.96. The van der Waals surface area contributed by atoms with Crippen LogP contribution in [0.2, 0.25) is 0 Å². The first-order valence-corrected chi connectivity index (χ1v) is 7.69. The Morgan fingerprint density at radius 1 is 1.59 bits per heavy atom. The van der Waals surface area contributed by atoms with Crippen molar-refractivity contribution < 1.29 is 8.42 Å². The number of hydrogen-bond donors (Lipinski definition) is 1. The molecule has 1 aliphatic rings. The van der Waals surface area contributed by atoms with Gasteiger partial charge in [0, 0.05) is 13.6 Å². The van der Waals surface area contributed by atoms with Crippen LogP contribution in [-0.2, 0) is 23.4 Å². The van der Waals surface area contributed by atoms with Gasteiger partial charge in [-0.1, -0.05) is 0 Å². The van der Waals surface area contributed by atoms with E-state index < -0.39 is 9.84 Å². The Morgan fingerprint density at radius 3 is 2.88 bits per heavy atom. The van der Waals surface area contributed by atoms with Crippen molar-refractivity contribution in [3.05, 3.63) is 17.5 Å². The lowest BCUT2D eigenvalue weighted by Gasteiger charge is -2.09. The molecule has 6 heteroatoms. The average molecular weight is 257 g/mol. The summed E-state index contributed by atoms with van der Waals surface area (Å²) in [6.45, 7) is 3.48. The number of hydrogen-bond acceptors (Lipinski definition) is 4. The third kappa shape index (κ3) is 3.29. The van der Waals surface area contributed by atoms with Crippen molar-refractivity contribution in [2.75, 3.05) is 18.1 Å². The summed E-state index contributed by atoms with van der Waals surface area (Å²) < 4.78 is 24.4. The quantitative estimate of drug-likeness (QED) is 0.840. The Balaban J connectivity index is 1.79. The molecule has 1 fully saturated rings. The lowest BCUT2D eigenvalue weighted by molar-refractivity contribution is 0.510. The Labute approximate surface area is 102 Å². The fourth-order valence-electron chi connectivity index (χ4n) is 2.27. The van der Waals surface area contributed by atoms with Crippen LogP contribution in [0.15, 0.2) is 6.07 Å². The minimum atomic E-state index is -2.75. The monoisotopic (exact) mass is 257 g/mol. The van der Waals surface area contributed by atoms with Crippen LogP contribution in [0.5, 0.6) is 0 Å². The van der Waals surface area contributed by atoms with Crippen molar-refractivity contribution in [3.63, 3.8) is 0 Å². The van der Waals surface area contributed by atoms with Crippen LogP contribution in [0.25, 0.3) is 0 Å². The Hall–Kier alpha value is -0.880. The molecule has 5 nitrogen and oxygen atoms in total. The van der Waals surface area contributed by atoms with Crippen molar-refractivity contribution in [1.82, 2.24) is 15.1 Å². The molecule has 1 saturated heterocycles. The molecule has 0 saturated carbocycles. The molecule has 0 spiro atoms. The van der Waals surface area contributed by atoms with Gasteiger partial charge in [0.2, 0.25) is 0 Å². The number of sulfone groups is 1. The van der Waals surface area contributed by atoms with E-state index in [-0.39, 0.29) is 5.92 Å². The van der Waals surface area contributed by atoms with Gasteiger partial charge in [0.25, 0.3) is 0 Å². The van der Waals surface area contributed by atoms with Gasteiger partial charge in [-0.3, -0.25) is 4.68 Å². The van der Waals surface area contributed by atoms with Gasteiger partial charge in [0.05, 0.1) is 22.9 Å². The van der Waals surface area contributed by atoms with E-state index in [9.17, 15) is 8.42 Å². The minimum Gasteiger partial charge on any atom is -0.311 e. The summed E-state index contributed by atoms with van der Waals surface area (Å²) in [5, 5.41) is 7.58. The molecule has 0 radical (unpaired) electrons. The highest BCUT2D eigenvalue weighted by molar-refractivity contribution is 7.91. The first kappa shape index (κ1) is 12.6. The maximum Gasteiger partial charge on any atom is 0.150 e. The van der Waals surface area contributed by atoms with Gasteiger partial charge in [-0.25, -0.2) is 8.42 Å². The predicted molar refractivity (Wildman–Crippen MR) is 66.4 cm³/mol. The highest BCUT2D eigenvalue weighted by atomic mass is 32.2. The zero-order valence-corrected chi connectivity index (χ0v) is 11.1. The van der Waals surface area contributed by atoms with E-state index in [4.69, 9.17) is 0 Å². The summed E-state index contributed by atoms with van der Waals surface area (Å²) in [7, 11) is -0.831. The van der Waals surface area contributed by atoms with E-state index in [1.165, 1.54) is 0 Å². The molecule has 1 unspecified atom stereocenters. The predicted octanol–water partition coefficient (Wildman–Crippen LogP) is 0.253. The zero-order valence-electron chi connectivity index (χ0n) is 10.3. The van der Waals surface area contributed by atoms with E-state index in [0.717, 1.165) is 30.9 Å². The molecule has 1 N–H and O–H groups in total. The molecule has 2 heterocycles. The van der Waals surface area contributed by atoms with Crippen LogP contribution in [0.3, 0.4) is 0 Å². The number of aryl methyl sites for hydroxylation is 2. The van der Waals surface area contributed by atoms with E-state index in [1.54, 1.807) is 0 Å². The molecule has 0 aromatic carbocycles. The molecular formula is C11H19N3O2S. The van der Waals surface area contributed by atoms with E-state index in [2.05, 4.69) is 10.4 Å². The smallest absolute Gasteiger partial charge is 0.150 e. The molecule has 17 heavy (non-hydrogen) atoms. The zero-order chi connectivity index (χ0) is 12.5. The van der Waals surface area contributed by atoms with Crippen LogP contribution in [0, 0.1) is 12.8 Å². The molecule has 1 atom stereocenters. The lowest BCUT2D eigenvalue weighted by Crippen LogP contribution is -2.24. The molecule has 0 bridgehead atoms. The van der Waals surface area contributed by atoms with Crippen LogP contribution in [-0.4, -0.2) is 36.2 Å². The minimum absolute atomic E-state index is 0.273. The lowest BCUT2D eigenvalue weighted by atomic mass is 10.1. The maximum atomic E-state index is 11.3. The second kappa shape index (κ2) is 4.78. The van der Waals surface area contributed by atoms with Gasteiger partial charge in [-0.2, -0.15) is 5.10 Å². The topological polar surface area (TPSA) is 64.0 Å². The van der Waals surface area contributed by atoms with Gasteiger partial charge < -0.3 is 5.32 Å². The molecule has 1 aliphatic heterocycles. The van der Waals surface area contributed by atoms with Crippen LogP contribution < -0.4 is 5.32 Å². The highest BCUT2D eigenvalue weighted by Gasteiger charge is 2.27. The fraction of sp³-hybridized carbons (Fsp3) is 0.727. The van der Waals surface area contributed by atoms with Crippen molar-refractivity contribution in [1.29, 1.82) is 0 Å². The normalized spacial score (nSPS) is 23.1. The Morgan fingerprint density at radius 2 is 2.35 bits per heavy atom. The van der Waals surface area contributed by atoms with Crippen LogP contribution >= 0.6 is 0 Å². The van der Waals surface area contributed by atoms with E-state index in [0.29, 0.717) is 11.5 Å². The fourth-order valence-corrected chi connectivity index (χ4v) is 4.13. The SMILES string of the molecule is Cc1cc(CNCC2CCS(=O)(=O)C2)n(C)n1. The first-order valence-electron chi connectivity index (χ1n) is 5.87. The molecular weight excluding hydrogens is 238 g/mol. The summed E-state index contributed by atoms with van der Waals surface area (Å²) in [6, 6.07) is 2.04. The number of aromatic nitrogens is 2. The molecule has 0 aliphatic carbocycles. The molecule has 96 valence electrons. The van der Waals surface area contributed by atoms with Crippen molar-refractivity contribution in [2.24, 2.45) is 13.0 Å². The Bertz CT molecular complexity index is 493. The molecule has 0 amide bonds. The van der Waals surface area contributed by atoms with E-state index >= 15 is 0 Å². The van der Waals surface area contributed by atoms with Gasteiger partial charge in [-0.05, 0) is 31.9 Å². The summed E-state index contributed by atoms with van der Waals surface area (Å²) in [6.07, 6.45) is 0.791. The third-order valence-corrected chi connectivity index (χ3v) is 5.00. The summed E-state index contributed by atoms with van der Waals surface area (Å²) in [5.41, 5.74) is 2.14. The largest absolute Gasteiger partial charge is 0.311 e. The van der Waals surface area contributed by atoms with Crippen LogP contribution in [0.4, 0.5) is 0 Å². The Kier molecular flexibility index (Phi) is 3.53. The third-order valence-electron chi connectivity index (χ3n) is 3.16. The molecule has 1 aromatic heterocycles. The van der Waals surface area contributed by atoms with Gasteiger partial charge in [0.1, 0.15) is 0 Å². The highest BCUT2D eigenvalue weighted by Crippen LogP contribution is 2.17. The summed E-state index contributed by atoms with van der Waals surface area (Å²) in [4.78, 5) is 0. The maximum absolute atomic E-state index is 11.3. The second-order valence-electron chi connectivity index (χ2n) is 4.80. The van der Waals surface area contributed by atoms with Gasteiger partial charge in [0.15, 0.2) is 9.84 Å². The average Bonchev–Trinajstić information content (AvgIpc) is 2.71. The van der Waals surface area contributed by atoms with Crippen molar-refractivity contribution >= 4 is 9.84 Å². The number of rotatable bonds is 4.